The van der Waals surface area contributed by atoms with Gasteiger partial charge in [-0.2, -0.15) is 5.26 Å². The Morgan fingerprint density at radius 1 is 1.62 bits per heavy atom. The lowest BCUT2D eigenvalue weighted by Gasteiger charge is -2.19. The van der Waals surface area contributed by atoms with Crippen molar-refractivity contribution in [2.45, 2.75) is 13.0 Å². The smallest absolute Gasteiger partial charge is 0.183 e. The van der Waals surface area contributed by atoms with Crippen molar-refractivity contribution >= 4 is 22.9 Å². The van der Waals surface area contributed by atoms with Crippen LogP contribution in [0.25, 0.3) is 0 Å². The van der Waals surface area contributed by atoms with Crippen LogP contribution in [0.2, 0.25) is 4.47 Å². The lowest BCUT2D eigenvalue weighted by Crippen LogP contribution is -2.27. The quantitative estimate of drug-likeness (QED) is 0.753. The molecular formula is C10H14ClN3OS. The van der Waals surface area contributed by atoms with E-state index in [1.807, 2.05) is 0 Å². The lowest BCUT2D eigenvalue weighted by molar-refractivity contribution is 0.146. The summed E-state index contributed by atoms with van der Waals surface area (Å²) < 4.78 is 5.59. The first-order chi connectivity index (χ1) is 7.76. The van der Waals surface area contributed by atoms with Crippen molar-refractivity contribution in [3.05, 3.63) is 15.5 Å². The van der Waals surface area contributed by atoms with Gasteiger partial charge in [0.25, 0.3) is 0 Å². The van der Waals surface area contributed by atoms with Gasteiger partial charge < -0.3 is 4.74 Å². The summed E-state index contributed by atoms with van der Waals surface area (Å²) in [6.07, 6.45) is 2.30. The van der Waals surface area contributed by atoms with Crippen LogP contribution in [0.1, 0.15) is 11.3 Å². The molecule has 0 N–H and O–H groups in total. The van der Waals surface area contributed by atoms with Gasteiger partial charge in [0.05, 0.1) is 12.7 Å². The molecule has 0 bridgehead atoms. The summed E-state index contributed by atoms with van der Waals surface area (Å²) in [6, 6.07) is 2.14. The molecule has 0 saturated carbocycles. The second-order valence-corrected chi connectivity index (χ2v) is 4.95. The number of ether oxygens (including phenoxy) is 1. The number of thiazole rings is 1. The third-order valence-electron chi connectivity index (χ3n) is 2.06. The third-order valence-corrected chi connectivity index (χ3v) is 3.16. The number of hydrogen-bond donors (Lipinski definition) is 0. The van der Waals surface area contributed by atoms with E-state index in [9.17, 15) is 0 Å². The van der Waals surface area contributed by atoms with Gasteiger partial charge in [-0.25, -0.2) is 4.98 Å². The van der Waals surface area contributed by atoms with E-state index in [2.05, 4.69) is 16.0 Å². The largest absolute Gasteiger partial charge is 0.383 e. The predicted molar refractivity (Wildman–Crippen MR) is 64.5 cm³/mol. The average Bonchev–Trinajstić information content (AvgIpc) is 2.68. The van der Waals surface area contributed by atoms with Gasteiger partial charge in [-0.05, 0) is 0 Å². The van der Waals surface area contributed by atoms with Gasteiger partial charge in [0.1, 0.15) is 0 Å². The Bertz CT molecular complexity index is 350. The fourth-order valence-corrected chi connectivity index (χ4v) is 2.30. The van der Waals surface area contributed by atoms with Crippen molar-refractivity contribution in [2.75, 3.05) is 26.8 Å². The Balaban J connectivity index is 2.45. The highest BCUT2D eigenvalue weighted by molar-refractivity contribution is 7.15. The Labute approximate surface area is 104 Å². The molecule has 1 aromatic heterocycles. The minimum absolute atomic E-state index is 0.524. The molecule has 88 valence electrons. The van der Waals surface area contributed by atoms with E-state index >= 15 is 0 Å². The number of methoxy groups -OCH3 is 1. The monoisotopic (exact) mass is 259 g/mol. The number of hydrogen-bond acceptors (Lipinski definition) is 5. The molecule has 1 heterocycles. The van der Waals surface area contributed by atoms with Gasteiger partial charge in [-0.15, -0.1) is 11.3 Å². The van der Waals surface area contributed by atoms with Crippen molar-refractivity contribution in [1.82, 2.24) is 9.88 Å². The normalized spacial score (nSPS) is 10.6. The van der Waals surface area contributed by atoms with E-state index in [1.54, 1.807) is 13.3 Å². The molecule has 0 fully saturated rings. The molecule has 0 saturated heterocycles. The lowest BCUT2D eigenvalue weighted by atomic mass is 10.3. The molecule has 0 unspecified atom stereocenters. The molecule has 1 aromatic rings. The average molecular weight is 260 g/mol. The van der Waals surface area contributed by atoms with Crippen LogP contribution >= 0.6 is 22.9 Å². The van der Waals surface area contributed by atoms with E-state index in [0.29, 0.717) is 17.5 Å². The minimum atomic E-state index is 0.524. The second-order valence-electron chi connectivity index (χ2n) is 3.26. The summed E-state index contributed by atoms with van der Waals surface area (Å²) in [7, 11) is 1.67. The van der Waals surface area contributed by atoms with E-state index in [1.165, 1.54) is 11.3 Å². The van der Waals surface area contributed by atoms with Crippen LogP contribution in [0.15, 0.2) is 6.20 Å². The van der Waals surface area contributed by atoms with Crippen LogP contribution in [0.3, 0.4) is 0 Å². The molecule has 1 rings (SSSR count). The van der Waals surface area contributed by atoms with Crippen molar-refractivity contribution in [1.29, 1.82) is 5.26 Å². The highest BCUT2D eigenvalue weighted by Crippen LogP contribution is 2.19. The molecule has 0 aliphatic heterocycles. The maximum Gasteiger partial charge on any atom is 0.183 e. The number of halogens is 1. The number of aromatic nitrogens is 1. The van der Waals surface area contributed by atoms with Crippen LogP contribution in [0.4, 0.5) is 0 Å². The maximum atomic E-state index is 8.57. The van der Waals surface area contributed by atoms with Crippen LogP contribution in [-0.4, -0.2) is 36.7 Å². The SMILES string of the molecule is COCCN(CCC#N)Cc1cnc(Cl)s1. The van der Waals surface area contributed by atoms with Crippen LogP contribution in [0.5, 0.6) is 0 Å². The predicted octanol–water partition coefficient (Wildman–Crippen LogP) is 2.16. The van der Waals surface area contributed by atoms with E-state index in [0.717, 1.165) is 24.5 Å². The molecular weight excluding hydrogens is 246 g/mol. The molecule has 0 spiro atoms. The summed E-state index contributed by atoms with van der Waals surface area (Å²) in [5.41, 5.74) is 0. The molecule has 6 heteroatoms. The zero-order valence-electron chi connectivity index (χ0n) is 9.15. The van der Waals surface area contributed by atoms with Gasteiger partial charge >= 0.3 is 0 Å². The second kappa shape index (κ2) is 7.58. The maximum absolute atomic E-state index is 8.57. The van der Waals surface area contributed by atoms with Crippen molar-refractivity contribution in [3.8, 4) is 6.07 Å². The topological polar surface area (TPSA) is 49.1 Å². The molecule has 0 radical (unpaired) electrons. The summed E-state index contributed by atoms with van der Waals surface area (Å²) in [4.78, 5) is 7.26. The fourth-order valence-electron chi connectivity index (χ4n) is 1.28. The molecule has 0 amide bonds. The summed E-state index contributed by atoms with van der Waals surface area (Å²) in [5, 5.41) is 8.57. The van der Waals surface area contributed by atoms with Crippen molar-refractivity contribution in [3.63, 3.8) is 0 Å². The highest BCUT2D eigenvalue weighted by Gasteiger charge is 2.07. The summed E-state index contributed by atoms with van der Waals surface area (Å²) in [5.74, 6) is 0. The Morgan fingerprint density at radius 3 is 3.00 bits per heavy atom. The van der Waals surface area contributed by atoms with Gasteiger partial charge in [0, 0.05) is 44.2 Å². The summed E-state index contributed by atoms with van der Waals surface area (Å²) >= 11 is 7.24. The van der Waals surface area contributed by atoms with Gasteiger partial charge in [-0.1, -0.05) is 11.6 Å². The van der Waals surface area contributed by atoms with Crippen LogP contribution in [-0.2, 0) is 11.3 Å². The molecule has 0 aromatic carbocycles. The number of nitrogens with zero attached hydrogens (tertiary/aromatic N) is 3. The van der Waals surface area contributed by atoms with Crippen LogP contribution in [0, 0.1) is 11.3 Å². The Hall–Kier alpha value is -0.670. The third kappa shape index (κ3) is 4.90. The van der Waals surface area contributed by atoms with E-state index in [4.69, 9.17) is 21.6 Å². The van der Waals surface area contributed by atoms with Crippen molar-refractivity contribution < 1.29 is 4.74 Å². The molecule has 16 heavy (non-hydrogen) atoms. The summed E-state index contributed by atoms with van der Waals surface area (Å²) in [6.45, 7) is 3.00. The molecule has 0 aliphatic carbocycles. The molecule has 0 aliphatic rings. The van der Waals surface area contributed by atoms with Crippen molar-refractivity contribution in [2.24, 2.45) is 0 Å². The molecule has 0 atom stereocenters. The first kappa shape index (κ1) is 13.4. The number of nitriles is 1. The Kier molecular flexibility index (Phi) is 6.34. The van der Waals surface area contributed by atoms with Gasteiger partial charge in [0.15, 0.2) is 4.47 Å². The first-order valence-corrected chi connectivity index (χ1v) is 6.14. The zero-order chi connectivity index (χ0) is 11.8. The van der Waals surface area contributed by atoms with Crippen LogP contribution < -0.4 is 0 Å². The Morgan fingerprint density at radius 2 is 2.44 bits per heavy atom. The highest BCUT2D eigenvalue weighted by atomic mass is 35.5. The fraction of sp³-hybridized carbons (Fsp3) is 0.600. The van der Waals surface area contributed by atoms with Gasteiger partial charge in [0.2, 0.25) is 0 Å². The standard InChI is InChI=1S/C10H14ClN3OS/c1-15-6-5-14(4-2-3-12)8-9-7-13-10(11)16-9/h7H,2,4-6,8H2,1H3. The molecule has 4 nitrogen and oxygen atoms in total. The van der Waals surface area contributed by atoms with E-state index in [-0.39, 0.29) is 0 Å². The zero-order valence-corrected chi connectivity index (χ0v) is 10.7. The van der Waals surface area contributed by atoms with E-state index < -0.39 is 0 Å². The van der Waals surface area contributed by atoms with Gasteiger partial charge in [-0.3, -0.25) is 4.90 Å². The first-order valence-electron chi connectivity index (χ1n) is 4.94. The number of rotatable bonds is 7. The minimum Gasteiger partial charge on any atom is -0.383 e.